The van der Waals surface area contributed by atoms with Gasteiger partial charge >= 0.3 is 0 Å². The van der Waals surface area contributed by atoms with Crippen LogP contribution >= 0.6 is 0 Å². The van der Waals surface area contributed by atoms with Gasteiger partial charge in [0.05, 0.1) is 18.5 Å². The van der Waals surface area contributed by atoms with Crippen molar-refractivity contribution in [3.05, 3.63) is 29.3 Å². The second-order valence-electron chi connectivity index (χ2n) is 8.71. The van der Waals surface area contributed by atoms with E-state index < -0.39 is 10.0 Å². The minimum absolute atomic E-state index is 0.0920. The number of anilines is 1. The minimum Gasteiger partial charge on any atom is -0.296 e. The van der Waals surface area contributed by atoms with Gasteiger partial charge in [0, 0.05) is 18.2 Å². The van der Waals surface area contributed by atoms with Gasteiger partial charge in [0.1, 0.15) is 0 Å². The lowest BCUT2D eigenvalue weighted by atomic mass is 9.75. The SMILES string of the molecule is C[C@@H]1Cc2cc(C(=O)CN3CC[C@H]4CCCC[C@H]4C3)ccc2N1S(C)(=O)=O. The van der Waals surface area contributed by atoms with E-state index in [-0.39, 0.29) is 11.8 Å². The molecule has 1 aliphatic carbocycles. The van der Waals surface area contributed by atoms with Crippen LogP contribution in [-0.4, -0.2) is 51.0 Å². The van der Waals surface area contributed by atoms with E-state index in [9.17, 15) is 13.2 Å². The Kier molecular flexibility index (Phi) is 5.06. The Balaban J connectivity index is 1.45. The van der Waals surface area contributed by atoms with Gasteiger partial charge in [-0.1, -0.05) is 19.3 Å². The molecule has 0 aromatic heterocycles. The van der Waals surface area contributed by atoms with E-state index in [2.05, 4.69) is 4.90 Å². The number of likely N-dealkylation sites (tertiary alicyclic amines) is 1. The van der Waals surface area contributed by atoms with E-state index >= 15 is 0 Å². The Morgan fingerprint density at radius 2 is 1.89 bits per heavy atom. The van der Waals surface area contributed by atoms with Crippen LogP contribution in [0.25, 0.3) is 0 Å². The summed E-state index contributed by atoms with van der Waals surface area (Å²) < 4.78 is 25.6. The molecule has 0 N–H and O–H groups in total. The van der Waals surface area contributed by atoms with Crippen LogP contribution < -0.4 is 4.31 Å². The van der Waals surface area contributed by atoms with Gasteiger partial charge < -0.3 is 0 Å². The summed E-state index contributed by atoms with van der Waals surface area (Å²) in [6.07, 6.45) is 8.52. The lowest BCUT2D eigenvalue weighted by Crippen LogP contribution is -2.43. The molecule has 1 aromatic carbocycles. The van der Waals surface area contributed by atoms with Crippen molar-refractivity contribution in [3.8, 4) is 0 Å². The van der Waals surface area contributed by atoms with Crippen LogP contribution in [0.1, 0.15) is 54.9 Å². The van der Waals surface area contributed by atoms with Crippen LogP contribution in [0.15, 0.2) is 18.2 Å². The molecule has 0 bridgehead atoms. The van der Waals surface area contributed by atoms with E-state index in [1.165, 1.54) is 42.7 Å². The average molecular weight is 391 g/mol. The fourth-order valence-corrected chi connectivity index (χ4v) is 6.66. The highest BCUT2D eigenvalue weighted by Crippen LogP contribution is 2.37. The molecule has 1 saturated carbocycles. The van der Waals surface area contributed by atoms with Crippen molar-refractivity contribution in [2.75, 3.05) is 30.2 Å². The average Bonchev–Trinajstić information content (AvgIpc) is 2.96. The summed E-state index contributed by atoms with van der Waals surface area (Å²) >= 11 is 0. The highest BCUT2D eigenvalue weighted by molar-refractivity contribution is 7.92. The molecule has 2 heterocycles. The molecule has 27 heavy (non-hydrogen) atoms. The van der Waals surface area contributed by atoms with Crippen LogP contribution in [-0.2, 0) is 16.4 Å². The third-order valence-corrected chi connectivity index (χ3v) is 7.93. The monoisotopic (exact) mass is 390 g/mol. The Morgan fingerprint density at radius 1 is 1.15 bits per heavy atom. The van der Waals surface area contributed by atoms with Crippen molar-refractivity contribution < 1.29 is 13.2 Å². The van der Waals surface area contributed by atoms with Crippen LogP contribution in [0.5, 0.6) is 0 Å². The highest BCUT2D eigenvalue weighted by Gasteiger charge is 2.34. The Bertz CT molecular complexity index is 836. The Morgan fingerprint density at radius 3 is 2.63 bits per heavy atom. The molecule has 2 fully saturated rings. The molecule has 3 aliphatic rings. The smallest absolute Gasteiger partial charge is 0.232 e. The number of carbonyl (C=O) groups is 1. The fourth-order valence-electron chi connectivity index (χ4n) is 5.40. The van der Waals surface area contributed by atoms with E-state index in [0.29, 0.717) is 18.5 Å². The van der Waals surface area contributed by atoms with E-state index in [1.807, 2.05) is 13.0 Å². The molecule has 1 saturated heterocycles. The van der Waals surface area contributed by atoms with Gasteiger partial charge in [0.25, 0.3) is 0 Å². The Hall–Kier alpha value is -1.40. The molecule has 0 unspecified atom stereocenters. The number of hydrogen-bond acceptors (Lipinski definition) is 4. The number of ketones is 1. The molecule has 1 aromatic rings. The number of Topliss-reactive ketones (excluding diaryl/α,β-unsaturated/α-hetero) is 1. The summed E-state index contributed by atoms with van der Waals surface area (Å²) in [7, 11) is -3.29. The van der Waals surface area contributed by atoms with Crippen molar-refractivity contribution in [1.82, 2.24) is 4.90 Å². The van der Waals surface area contributed by atoms with Crippen molar-refractivity contribution in [3.63, 3.8) is 0 Å². The van der Waals surface area contributed by atoms with Gasteiger partial charge in [-0.3, -0.25) is 14.0 Å². The molecule has 148 valence electrons. The maximum absolute atomic E-state index is 12.9. The summed E-state index contributed by atoms with van der Waals surface area (Å²) in [6.45, 7) is 4.47. The predicted molar refractivity (Wildman–Crippen MR) is 108 cm³/mol. The van der Waals surface area contributed by atoms with Crippen LogP contribution in [0, 0.1) is 11.8 Å². The summed E-state index contributed by atoms with van der Waals surface area (Å²) in [5.41, 5.74) is 2.40. The minimum atomic E-state index is -3.29. The molecule has 3 atom stereocenters. The van der Waals surface area contributed by atoms with Crippen molar-refractivity contribution in [1.29, 1.82) is 0 Å². The van der Waals surface area contributed by atoms with Crippen LogP contribution in [0.2, 0.25) is 0 Å². The lowest BCUT2D eigenvalue weighted by molar-refractivity contribution is 0.0713. The lowest BCUT2D eigenvalue weighted by Gasteiger charge is -2.41. The van der Waals surface area contributed by atoms with Crippen LogP contribution in [0.3, 0.4) is 0 Å². The zero-order valence-electron chi connectivity index (χ0n) is 16.4. The summed E-state index contributed by atoms with van der Waals surface area (Å²) in [5.74, 6) is 1.79. The molecule has 5 nitrogen and oxygen atoms in total. The molecule has 0 radical (unpaired) electrons. The third-order valence-electron chi connectivity index (χ3n) is 6.65. The van der Waals surface area contributed by atoms with E-state index in [0.717, 1.165) is 36.2 Å². The first-order chi connectivity index (χ1) is 12.8. The molecule has 2 aliphatic heterocycles. The third kappa shape index (κ3) is 3.79. The largest absolute Gasteiger partial charge is 0.296 e. The van der Waals surface area contributed by atoms with Gasteiger partial charge in [-0.05, 0) is 68.3 Å². The molecular formula is C21H30N2O3S. The molecule has 6 heteroatoms. The highest BCUT2D eigenvalue weighted by atomic mass is 32.2. The summed E-state index contributed by atoms with van der Waals surface area (Å²) in [5, 5.41) is 0. The van der Waals surface area contributed by atoms with Crippen molar-refractivity contribution in [2.24, 2.45) is 11.8 Å². The van der Waals surface area contributed by atoms with E-state index in [1.54, 1.807) is 12.1 Å². The number of piperidine rings is 1. The quantitative estimate of drug-likeness (QED) is 0.742. The number of benzene rings is 1. The van der Waals surface area contributed by atoms with Crippen LogP contribution in [0.4, 0.5) is 5.69 Å². The number of sulfonamides is 1. The van der Waals surface area contributed by atoms with Gasteiger partial charge in [-0.2, -0.15) is 0 Å². The number of nitrogens with zero attached hydrogens (tertiary/aromatic N) is 2. The molecule has 4 rings (SSSR count). The maximum atomic E-state index is 12.9. The Labute approximate surface area is 162 Å². The molecular weight excluding hydrogens is 360 g/mol. The predicted octanol–water partition coefficient (Wildman–Crippen LogP) is 3.09. The number of hydrogen-bond donors (Lipinski definition) is 0. The molecule has 0 spiro atoms. The summed E-state index contributed by atoms with van der Waals surface area (Å²) in [6, 6.07) is 5.42. The van der Waals surface area contributed by atoms with Gasteiger partial charge in [-0.15, -0.1) is 0 Å². The first-order valence-corrected chi connectivity index (χ1v) is 12.1. The first kappa shape index (κ1) is 18.9. The standard InChI is InChI=1S/C21H30N2O3S/c1-15-11-19-12-17(7-8-20(19)23(15)27(2,25)26)21(24)14-22-10-9-16-5-3-4-6-18(16)13-22/h7-8,12,15-16,18H,3-6,9-11,13-14H2,1-2H3/t15-,16-,18+/m1/s1. The normalized spacial score (nSPS) is 28.7. The van der Waals surface area contributed by atoms with Gasteiger partial charge in [0.15, 0.2) is 5.78 Å². The number of rotatable bonds is 4. The number of carbonyl (C=O) groups excluding carboxylic acids is 1. The van der Waals surface area contributed by atoms with Gasteiger partial charge in [0.2, 0.25) is 10.0 Å². The molecule has 0 amide bonds. The van der Waals surface area contributed by atoms with Gasteiger partial charge in [-0.25, -0.2) is 8.42 Å². The zero-order chi connectivity index (χ0) is 19.2. The zero-order valence-corrected chi connectivity index (χ0v) is 17.2. The van der Waals surface area contributed by atoms with E-state index in [4.69, 9.17) is 0 Å². The van der Waals surface area contributed by atoms with Crippen molar-refractivity contribution in [2.45, 2.75) is 51.5 Å². The second-order valence-corrected chi connectivity index (χ2v) is 10.6. The topological polar surface area (TPSA) is 57.7 Å². The fraction of sp³-hybridized carbons (Fsp3) is 0.667. The second kappa shape index (κ2) is 7.21. The maximum Gasteiger partial charge on any atom is 0.232 e. The summed E-state index contributed by atoms with van der Waals surface area (Å²) in [4.78, 5) is 15.2. The first-order valence-electron chi connectivity index (χ1n) is 10.2. The van der Waals surface area contributed by atoms with Crippen molar-refractivity contribution >= 4 is 21.5 Å². The number of fused-ring (bicyclic) bond motifs is 2.